The Hall–Kier alpha value is -1.66. The number of aromatic nitrogens is 1. The molecule has 1 radical (unpaired) electrons. The van der Waals surface area contributed by atoms with Crippen LogP contribution in [0.25, 0.3) is 0 Å². The summed E-state index contributed by atoms with van der Waals surface area (Å²) in [6, 6.07) is 1.73. The molecule has 0 saturated carbocycles. The Kier molecular flexibility index (Phi) is 7.84. The van der Waals surface area contributed by atoms with E-state index in [2.05, 4.69) is 11.9 Å². The number of hydrogen-bond donors (Lipinski definition) is 1. The molecule has 2 amide bonds. The number of ether oxygens (including phenoxy) is 1. The summed E-state index contributed by atoms with van der Waals surface area (Å²) in [5.74, 6) is 0. The average Bonchev–Trinajstić information content (AvgIpc) is 2.52. The SMILES string of the molecule is [CH2]CCN(C(=O)N(CCOC)C(C)C)c1cncc(CO)c1. The summed E-state index contributed by atoms with van der Waals surface area (Å²) in [5.41, 5.74) is 1.34. The van der Waals surface area contributed by atoms with Crippen LogP contribution in [0.15, 0.2) is 18.5 Å². The van der Waals surface area contributed by atoms with Crippen LogP contribution in [0, 0.1) is 6.92 Å². The van der Waals surface area contributed by atoms with Crippen molar-refractivity contribution in [2.75, 3.05) is 31.7 Å². The van der Waals surface area contributed by atoms with E-state index >= 15 is 0 Å². The highest BCUT2D eigenvalue weighted by atomic mass is 16.5. The number of anilines is 1. The van der Waals surface area contributed by atoms with E-state index < -0.39 is 0 Å². The van der Waals surface area contributed by atoms with Gasteiger partial charge in [-0.25, -0.2) is 4.79 Å². The molecule has 1 rings (SSSR count). The summed E-state index contributed by atoms with van der Waals surface area (Å²) >= 11 is 0. The molecule has 0 atom stereocenters. The van der Waals surface area contributed by atoms with Gasteiger partial charge in [0, 0.05) is 32.4 Å². The van der Waals surface area contributed by atoms with Crippen LogP contribution in [0.3, 0.4) is 0 Å². The number of carbonyl (C=O) groups excluding carboxylic acids is 1. The van der Waals surface area contributed by atoms with Gasteiger partial charge in [-0.3, -0.25) is 9.88 Å². The second-order valence-corrected chi connectivity index (χ2v) is 5.28. The van der Waals surface area contributed by atoms with Crippen LogP contribution in [0.5, 0.6) is 0 Å². The lowest BCUT2D eigenvalue weighted by molar-refractivity contribution is 0.139. The summed E-state index contributed by atoms with van der Waals surface area (Å²) in [6.45, 7) is 9.17. The third-order valence-electron chi connectivity index (χ3n) is 3.29. The van der Waals surface area contributed by atoms with Gasteiger partial charge in [-0.2, -0.15) is 0 Å². The lowest BCUT2D eigenvalue weighted by Gasteiger charge is -2.33. The maximum Gasteiger partial charge on any atom is 0.324 e. The number of urea groups is 1. The van der Waals surface area contributed by atoms with Gasteiger partial charge in [0.1, 0.15) is 0 Å². The van der Waals surface area contributed by atoms with Crippen molar-refractivity contribution in [1.29, 1.82) is 0 Å². The molecule has 0 unspecified atom stereocenters. The number of pyridine rings is 1. The van der Waals surface area contributed by atoms with Gasteiger partial charge >= 0.3 is 6.03 Å². The first kappa shape index (κ1) is 18.4. The predicted molar refractivity (Wildman–Crippen MR) is 86.6 cm³/mol. The van der Waals surface area contributed by atoms with Crippen molar-refractivity contribution in [1.82, 2.24) is 9.88 Å². The molecule has 0 spiro atoms. The number of amides is 2. The Labute approximate surface area is 132 Å². The highest BCUT2D eigenvalue weighted by Gasteiger charge is 2.24. The Bertz CT molecular complexity index is 466. The zero-order valence-corrected chi connectivity index (χ0v) is 13.7. The van der Waals surface area contributed by atoms with Crippen LogP contribution in [0.4, 0.5) is 10.5 Å². The van der Waals surface area contributed by atoms with Crippen molar-refractivity contribution in [3.63, 3.8) is 0 Å². The predicted octanol–water partition coefficient (Wildman–Crippen LogP) is 2.08. The molecule has 0 fully saturated rings. The Morgan fingerprint density at radius 1 is 1.41 bits per heavy atom. The summed E-state index contributed by atoms with van der Waals surface area (Å²) < 4.78 is 5.08. The van der Waals surface area contributed by atoms with Gasteiger partial charge in [0.2, 0.25) is 0 Å². The van der Waals surface area contributed by atoms with E-state index in [9.17, 15) is 9.90 Å². The lowest BCUT2D eigenvalue weighted by Crippen LogP contribution is -2.48. The highest BCUT2D eigenvalue weighted by molar-refractivity contribution is 5.92. The summed E-state index contributed by atoms with van der Waals surface area (Å²) in [4.78, 5) is 20.4. The minimum atomic E-state index is -0.106. The number of rotatable bonds is 8. The largest absolute Gasteiger partial charge is 0.392 e. The van der Waals surface area contributed by atoms with Crippen LogP contribution in [-0.2, 0) is 11.3 Å². The number of nitrogens with zero attached hydrogens (tertiary/aromatic N) is 3. The first-order chi connectivity index (χ1) is 10.5. The molecule has 0 aromatic carbocycles. The van der Waals surface area contributed by atoms with E-state index in [0.717, 1.165) is 0 Å². The smallest absolute Gasteiger partial charge is 0.324 e. The molecule has 6 nitrogen and oxygen atoms in total. The molecule has 1 heterocycles. The molecule has 123 valence electrons. The molecule has 0 aliphatic heterocycles. The molecule has 0 aliphatic carbocycles. The fourth-order valence-electron chi connectivity index (χ4n) is 2.12. The van der Waals surface area contributed by atoms with Gasteiger partial charge in [-0.1, -0.05) is 6.92 Å². The van der Waals surface area contributed by atoms with Crippen molar-refractivity contribution >= 4 is 11.7 Å². The molecule has 22 heavy (non-hydrogen) atoms. The normalized spacial score (nSPS) is 10.8. The van der Waals surface area contributed by atoms with Crippen LogP contribution < -0.4 is 4.90 Å². The quantitative estimate of drug-likeness (QED) is 0.798. The first-order valence-corrected chi connectivity index (χ1v) is 7.46. The average molecular weight is 308 g/mol. The number of aliphatic hydroxyl groups is 1. The van der Waals surface area contributed by atoms with Crippen molar-refractivity contribution in [3.8, 4) is 0 Å². The Morgan fingerprint density at radius 2 is 2.14 bits per heavy atom. The number of hydrogen-bond acceptors (Lipinski definition) is 4. The van der Waals surface area contributed by atoms with Crippen LogP contribution >= 0.6 is 0 Å². The van der Waals surface area contributed by atoms with Crippen molar-refractivity contribution in [2.24, 2.45) is 0 Å². The van der Waals surface area contributed by atoms with Gasteiger partial charge in [-0.05, 0) is 31.9 Å². The lowest BCUT2D eigenvalue weighted by atomic mass is 10.2. The topological polar surface area (TPSA) is 65.9 Å². The first-order valence-electron chi connectivity index (χ1n) is 7.46. The van der Waals surface area contributed by atoms with Crippen molar-refractivity contribution < 1.29 is 14.6 Å². The Morgan fingerprint density at radius 3 is 2.68 bits per heavy atom. The van der Waals surface area contributed by atoms with Crippen molar-refractivity contribution in [3.05, 3.63) is 30.9 Å². The van der Waals surface area contributed by atoms with Crippen LogP contribution in [-0.4, -0.2) is 53.9 Å². The highest BCUT2D eigenvalue weighted by Crippen LogP contribution is 2.18. The van der Waals surface area contributed by atoms with Crippen molar-refractivity contribution in [2.45, 2.75) is 32.9 Å². The maximum absolute atomic E-state index is 12.9. The monoisotopic (exact) mass is 308 g/mol. The fraction of sp³-hybridized carbons (Fsp3) is 0.562. The zero-order valence-electron chi connectivity index (χ0n) is 13.7. The number of methoxy groups -OCH3 is 1. The third-order valence-corrected chi connectivity index (χ3v) is 3.29. The molecule has 6 heteroatoms. The van der Waals surface area contributed by atoms with Gasteiger partial charge in [0.15, 0.2) is 0 Å². The molecule has 0 bridgehead atoms. The van der Waals surface area contributed by atoms with E-state index in [1.54, 1.807) is 35.4 Å². The molecule has 1 aromatic rings. The van der Waals surface area contributed by atoms with Gasteiger partial charge in [0.25, 0.3) is 0 Å². The maximum atomic E-state index is 12.9. The van der Waals surface area contributed by atoms with E-state index in [1.165, 1.54) is 0 Å². The van der Waals surface area contributed by atoms with Gasteiger partial charge in [-0.15, -0.1) is 0 Å². The number of aliphatic hydroxyl groups excluding tert-OH is 1. The summed E-state index contributed by atoms with van der Waals surface area (Å²) in [7, 11) is 1.62. The second kappa shape index (κ2) is 9.38. The standard InChI is InChI=1S/C16H26N3O3/c1-5-6-19(15-9-14(12-20)10-17-11-15)16(21)18(13(2)3)7-8-22-4/h9-11,13,20H,1,5-8,12H2,2-4H3. The molecule has 0 saturated heterocycles. The fourth-order valence-corrected chi connectivity index (χ4v) is 2.12. The summed E-state index contributed by atoms with van der Waals surface area (Å²) in [5, 5.41) is 9.24. The van der Waals surface area contributed by atoms with E-state index in [-0.39, 0.29) is 18.7 Å². The minimum Gasteiger partial charge on any atom is -0.392 e. The number of carbonyl (C=O) groups is 1. The molecule has 0 aliphatic rings. The van der Waals surface area contributed by atoms with E-state index in [1.807, 2.05) is 13.8 Å². The molecular formula is C16H26N3O3. The zero-order chi connectivity index (χ0) is 16.5. The minimum absolute atomic E-state index is 0.0592. The molecule has 1 aromatic heterocycles. The van der Waals surface area contributed by atoms with Crippen LogP contribution in [0.2, 0.25) is 0 Å². The third kappa shape index (κ3) is 4.96. The second-order valence-electron chi connectivity index (χ2n) is 5.28. The van der Waals surface area contributed by atoms with E-state index in [4.69, 9.17) is 4.74 Å². The van der Waals surface area contributed by atoms with E-state index in [0.29, 0.717) is 37.4 Å². The van der Waals surface area contributed by atoms with Gasteiger partial charge < -0.3 is 14.7 Å². The molecular weight excluding hydrogens is 282 g/mol. The Balaban J connectivity index is 3.02. The van der Waals surface area contributed by atoms with Gasteiger partial charge in [0.05, 0.1) is 25.1 Å². The summed E-state index contributed by atoms with van der Waals surface area (Å²) in [6.07, 6.45) is 3.80. The van der Waals surface area contributed by atoms with Crippen LogP contribution in [0.1, 0.15) is 25.8 Å². The molecule has 1 N–H and O–H groups in total.